The van der Waals surface area contributed by atoms with Crippen molar-refractivity contribution in [2.45, 2.75) is 19.4 Å². The van der Waals surface area contributed by atoms with Crippen LogP contribution in [0, 0.1) is 12.7 Å². The number of amides is 1. The summed E-state index contributed by atoms with van der Waals surface area (Å²) >= 11 is 1.42. The highest BCUT2D eigenvalue weighted by molar-refractivity contribution is 7.09. The largest absolute Gasteiger partial charge is 0.447 e. The number of esters is 1. The number of aryl methyl sites for hydroxylation is 1. The molecule has 21 heavy (non-hydrogen) atoms. The highest BCUT2D eigenvalue weighted by atomic mass is 32.1. The van der Waals surface area contributed by atoms with E-state index in [1.807, 2.05) is 6.92 Å². The SMILES string of the molecule is Cc1nc(CC(=O)O[C@H](C(N)=O)c2ccc(F)cc2)cs1. The molecule has 1 aromatic heterocycles. The van der Waals surface area contributed by atoms with E-state index in [4.69, 9.17) is 10.5 Å². The monoisotopic (exact) mass is 308 g/mol. The summed E-state index contributed by atoms with van der Waals surface area (Å²) in [5, 5.41) is 2.58. The third kappa shape index (κ3) is 4.09. The Balaban J connectivity index is 2.07. The van der Waals surface area contributed by atoms with Crippen molar-refractivity contribution >= 4 is 23.2 Å². The number of rotatable bonds is 5. The van der Waals surface area contributed by atoms with E-state index in [2.05, 4.69) is 4.98 Å². The van der Waals surface area contributed by atoms with Crippen LogP contribution in [0.2, 0.25) is 0 Å². The predicted molar refractivity (Wildman–Crippen MR) is 75.0 cm³/mol. The van der Waals surface area contributed by atoms with E-state index in [-0.39, 0.29) is 6.42 Å². The van der Waals surface area contributed by atoms with Crippen molar-refractivity contribution in [2.24, 2.45) is 5.73 Å². The highest BCUT2D eigenvalue weighted by Crippen LogP contribution is 2.19. The van der Waals surface area contributed by atoms with Gasteiger partial charge in [-0.2, -0.15) is 0 Å². The molecule has 5 nitrogen and oxygen atoms in total. The Labute approximate surface area is 124 Å². The number of carbonyl (C=O) groups excluding carboxylic acids is 2. The van der Waals surface area contributed by atoms with Crippen molar-refractivity contribution in [2.75, 3.05) is 0 Å². The summed E-state index contributed by atoms with van der Waals surface area (Å²) in [5.74, 6) is -1.89. The van der Waals surface area contributed by atoms with Gasteiger partial charge in [0.25, 0.3) is 5.91 Å². The molecule has 2 rings (SSSR count). The molecule has 0 fully saturated rings. The van der Waals surface area contributed by atoms with Gasteiger partial charge in [0.05, 0.1) is 17.1 Å². The molecular formula is C14H13FN2O3S. The van der Waals surface area contributed by atoms with Gasteiger partial charge in [-0.15, -0.1) is 11.3 Å². The van der Waals surface area contributed by atoms with Crippen LogP contribution < -0.4 is 5.73 Å². The fourth-order valence-electron chi connectivity index (χ4n) is 1.74. The van der Waals surface area contributed by atoms with E-state index in [0.29, 0.717) is 11.3 Å². The molecule has 1 amide bonds. The lowest BCUT2D eigenvalue weighted by Crippen LogP contribution is -2.26. The molecule has 0 aliphatic rings. The van der Waals surface area contributed by atoms with E-state index >= 15 is 0 Å². The van der Waals surface area contributed by atoms with Crippen LogP contribution >= 0.6 is 11.3 Å². The topological polar surface area (TPSA) is 82.3 Å². The van der Waals surface area contributed by atoms with Gasteiger partial charge in [0, 0.05) is 10.9 Å². The zero-order valence-electron chi connectivity index (χ0n) is 11.2. The third-order valence-electron chi connectivity index (χ3n) is 2.67. The molecule has 0 radical (unpaired) electrons. The van der Waals surface area contributed by atoms with Crippen molar-refractivity contribution in [3.8, 4) is 0 Å². The van der Waals surface area contributed by atoms with Gasteiger partial charge in [-0.1, -0.05) is 12.1 Å². The van der Waals surface area contributed by atoms with Crippen molar-refractivity contribution in [1.82, 2.24) is 4.98 Å². The molecule has 1 heterocycles. The fourth-order valence-corrected chi connectivity index (χ4v) is 2.35. The lowest BCUT2D eigenvalue weighted by molar-refractivity contribution is -0.154. The van der Waals surface area contributed by atoms with E-state index in [1.54, 1.807) is 5.38 Å². The number of hydrogen-bond acceptors (Lipinski definition) is 5. The fraction of sp³-hybridized carbons (Fsp3) is 0.214. The third-order valence-corrected chi connectivity index (χ3v) is 3.49. The number of hydrogen-bond donors (Lipinski definition) is 1. The molecule has 2 N–H and O–H groups in total. The maximum absolute atomic E-state index is 12.9. The van der Waals surface area contributed by atoms with E-state index in [1.165, 1.54) is 35.6 Å². The van der Waals surface area contributed by atoms with Gasteiger partial charge in [0.2, 0.25) is 6.10 Å². The molecule has 0 aliphatic carbocycles. The Morgan fingerprint density at radius 2 is 2.05 bits per heavy atom. The van der Waals surface area contributed by atoms with Crippen molar-refractivity contribution in [3.05, 3.63) is 51.7 Å². The molecule has 1 aromatic carbocycles. The highest BCUT2D eigenvalue weighted by Gasteiger charge is 2.23. The number of primary amides is 1. The smallest absolute Gasteiger partial charge is 0.313 e. The van der Waals surface area contributed by atoms with Gasteiger partial charge in [-0.3, -0.25) is 9.59 Å². The van der Waals surface area contributed by atoms with Crippen LogP contribution in [0.3, 0.4) is 0 Å². The van der Waals surface area contributed by atoms with Gasteiger partial charge >= 0.3 is 5.97 Å². The van der Waals surface area contributed by atoms with Crippen LogP contribution in [0.15, 0.2) is 29.6 Å². The molecule has 2 aromatic rings. The quantitative estimate of drug-likeness (QED) is 0.855. The molecule has 0 saturated heterocycles. The zero-order valence-corrected chi connectivity index (χ0v) is 12.0. The Morgan fingerprint density at radius 3 is 2.57 bits per heavy atom. The van der Waals surface area contributed by atoms with Gasteiger partial charge in [0.15, 0.2) is 0 Å². The second kappa shape index (κ2) is 6.45. The first-order valence-electron chi connectivity index (χ1n) is 6.11. The average molecular weight is 308 g/mol. The normalized spacial score (nSPS) is 11.9. The summed E-state index contributed by atoms with van der Waals surface area (Å²) in [7, 11) is 0. The number of benzene rings is 1. The van der Waals surface area contributed by atoms with E-state index in [9.17, 15) is 14.0 Å². The molecule has 1 atom stereocenters. The molecular weight excluding hydrogens is 295 g/mol. The van der Waals surface area contributed by atoms with Crippen LogP contribution in [0.5, 0.6) is 0 Å². The number of ether oxygens (including phenoxy) is 1. The number of nitrogens with zero attached hydrogens (tertiary/aromatic N) is 1. The van der Waals surface area contributed by atoms with Crippen molar-refractivity contribution < 1.29 is 18.7 Å². The van der Waals surface area contributed by atoms with Crippen LogP contribution in [-0.4, -0.2) is 16.9 Å². The number of thiazole rings is 1. The van der Waals surface area contributed by atoms with E-state index < -0.39 is 23.8 Å². The summed E-state index contributed by atoms with van der Waals surface area (Å²) in [6.45, 7) is 1.82. The summed E-state index contributed by atoms with van der Waals surface area (Å²) in [6.07, 6.45) is -1.28. The molecule has 0 bridgehead atoms. The van der Waals surface area contributed by atoms with Crippen LogP contribution in [0.25, 0.3) is 0 Å². The minimum absolute atomic E-state index is 0.0463. The first-order valence-corrected chi connectivity index (χ1v) is 6.99. The first-order chi connectivity index (χ1) is 9.95. The number of carbonyl (C=O) groups is 2. The summed E-state index contributed by atoms with van der Waals surface area (Å²) in [4.78, 5) is 27.4. The molecule has 7 heteroatoms. The summed E-state index contributed by atoms with van der Waals surface area (Å²) in [6, 6.07) is 5.04. The maximum Gasteiger partial charge on any atom is 0.313 e. The van der Waals surface area contributed by atoms with Gasteiger partial charge in [-0.25, -0.2) is 9.37 Å². The Morgan fingerprint density at radius 1 is 1.38 bits per heavy atom. The minimum atomic E-state index is -1.24. The Bertz CT molecular complexity index is 654. The molecule has 110 valence electrons. The predicted octanol–water partition coefficient (Wildman–Crippen LogP) is 1.90. The number of nitrogens with two attached hydrogens (primary N) is 1. The molecule has 0 aliphatic heterocycles. The van der Waals surface area contributed by atoms with Gasteiger partial charge < -0.3 is 10.5 Å². The van der Waals surface area contributed by atoms with Crippen molar-refractivity contribution in [3.63, 3.8) is 0 Å². The lowest BCUT2D eigenvalue weighted by Gasteiger charge is -2.14. The second-order valence-corrected chi connectivity index (χ2v) is 5.42. The second-order valence-electron chi connectivity index (χ2n) is 4.36. The Hall–Kier alpha value is -2.28. The van der Waals surface area contributed by atoms with Gasteiger partial charge in [0.1, 0.15) is 5.82 Å². The lowest BCUT2D eigenvalue weighted by atomic mass is 10.1. The van der Waals surface area contributed by atoms with Gasteiger partial charge in [-0.05, 0) is 19.1 Å². The molecule has 0 spiro atoms. The standard InChI is InChI=1S/C14H13FN2O3S/c1-8-17-11(7-21-8)6-12(18)20-13(14(16)19)9-2-4-10(15)5-3-9/h2-5,7,13H,6H2,1H3,(H2,16,19)/t13-/m0/s1. The van der Waals surface area contributed by atoms with E-state index in [0.717, 1.165) is 5.01 Å². The molecule has 0 saturated carbocycles. The first kappa shape index (κ1) is 15.1. The average Bonchev–Trinajstić information content (AvgIpc) is 2.82. The minimum Gasteiger partial charge on any atom is -0.447 e. The van der Waals surface area contributed by atoms with Crippen LogP contribution in [0.1, 0.15) is 22.4 Å². The number of aromatic nitrogens is 1. The summed E-state index contributed by atoms with van der Waals surface area (Å²) < 4.78 is 18.0. The Kier molecular flexibility index (Phi) is 4.64. The summed E-state index contributed by atoms with van der Waals surface area (Å²) in [5.41, 5.74) is 6.13. The molecule has 0 unspecified atom stereocenters. The van der Waals surface area contributed by atoms with Crippen LogP contribution in [-0.2, 0) is 20.7 Å². The van der Waals surface area contributed by atoms with Crippen LogP contribution in [0.4, 0.5) is 4.39 Å². The maximum atomic E-state index is 12.9. The zero-order chi connectivity index (χ0) is 15.4. The number of halogens is 1. The van der Waals surface area contributed by atoms with Crippen molar-refractivity contribution in [1.29, 1.82) is 0 Å².